The third-order valence-electron chi connectivity index (χ3n) is 12.9. The van der Waals surface area contributed by atoms with Crippen molar-refractivity contribution in [3.63, 3.8) is 0 Å². The van der Waals surface area contributed by atoms with Gasteiger partial charge in [0.2, 0.25) is 0 Å². The summed E-state index contributed by atoms with van der Waals surface area (Å²) >= 11 is 1.89. The van der Waals surface area contributed by atoms with Crippen LogP contribution in [0, 0.1) is 0 Å². The Morgan fingerprint density at radius 3 is 1.37 bits per heavy atom. The molecule has 0 radical (unpaired) electrons. The van der Waals surface area contributed by atoms with Crippen LogP contribution in [0.3, 0.4) is 0 Å². The Hall–Kier alpha value is -8.38. The van der Waals surface area contributed by atoms with Crippen LogP contribution in [0.4, 0.5) is 34.1 Å². The Balaban J connectivity index is 0.977. The van der Waals surface area contributed by atoms with Crippen LogP contribution in [0.15, 0.2) is 243 Å². The summed E-state index contributed by atoms with van der Waals surface area (Å²) < 4.78 is 7.47. The predicted molar refractivity (Wildman–Crippen MR) is 277 cm³/mol. The third-order valence-corrected chi connectivity index (χ3v) is 14.1. The number of para-hydroxylation sites is 5. The van der Waals surface area contributed by atoms with E-state index in [2.05, 4.69) is 262 Å². The summed E-state index contributed by atoms with van der Waals surface area (Å²) in [6.07, 6.45) is 0. The predicted octanol–water partition coefficient (Wildman–Crippen LogP) is 17.2. The monoisotopic (exact) mass is 848 g/mol. The normalized spacial score (nSPS) is 11.7. The van der Waals surface area contributed by atoms with E-state index in [4.69, 9.17) is 0 Å². The molecule has 0 N–H and O–H groups in total. The summed E-state index contributed by atoms with van der Waals surface area (Å²) in [4.78, 5) is 4.70. The van der Waals surface area contributed by atoms with Crippen LogP contribution in [0.1, 0.15) is 0 Å². The van der Waals surface area contributed by atoms with Gasteiger partial charge in [0.15, 0.2) is 0 Å². The second-order valence-electron chi connectivity index (χ2n) is 16.6. The van der Waals surface area contributed by atoms with Crippen molar-refractivity contribution in [2.45, 2.75) is 0 Å². The van der Waals surface area contributed by atoms with Gasteiger partial charge in [-0.2, -0.15) is 0 Å². The fourth-order valence-corrected chi connectivity index (χ4v) is 11.3. The highest BCUT2D eigenvalue weighted by atomic mass is 32.1. The molecule has 0 spiro atoms. The number of anilines is 6. The molecule has 10 aromatic carbocycles. The van der Waals surface area contributed by atoms with E-state index in [1.807, 2.05) is 11.3 Å². The summed E-state index contributed by atoms with van der Waals surface area (Å²) in [5.41, 5.74) is 13.6. The van der Waals surface area contributed by atoms with Crippen molar-refractivity contribution in [1.29, 1.82) is 0 Å². The highest BCUT2D eigenvalue weighted by Gasteiger charge is 2.21. The number of hydrogen-bond acceptors (Lipinski definition) is 3. The summed E-state index contributed by atoms with van der Waals surface area (Å²) in [7, 11) is 0. The minimum Gasteiger partial charge on any atom is -0.311 e. The Labute approximate surface area is 380 Å². The lowest BCUT2D eigenvalue weighted by molar-refractivity contribution is 1.17. The summed E-state index contributed by atoms with van der Waals surface area (Å²) in [5, 5.41) is 7.65. The molecule has 0 saturated heterocycles. The summed E-state index contributed by atoms with van der Waals surface area (Å²) in [6, 6.07) is 87.9. The van der Waals surface area contributed by atoms with E-state index < -0.39 is 0 Å². The van der Waals surface area contributed by atoms with Crippen LogP contribution in [-0.2, 0) is 0 Å². The van der Waals surface area contributed by atoms with Crippen molar-refractivity contribution in [3.8, 4) is 11.4 Å². The molecule has 3 heterocycles. The van der Waals surface area contributed by atoms with Gasteiger partial charge in [-0.25, -0.2) is 0 Å². The lowest BCUT2D eigenvalue weighted by Gasteiger charge is -2.28. The van der Waals surface area contributed by atoms with Crippen molar-refractivity contribution < 1.29 is 0 Å². The number of fused-ring (bicyclic) bond motifs is 10. The van der Waals surface area contributed by atoms with E-state index >= 15 is 0 Å². The van der Waals surface area contributed by atoms with Crippen LogP contribution in [0.5, 0.6) is 0 Å². The molecular formula is C60H40N4S. The molecule has 0 aliphatic rings. The van der Waals surface area contributed by atoms with Crippen molar-refractivity contribution in [1.82, 2.24) is 9.13 Å². The van der Waals surface area contributed by atoms with E-state index in [1.165, 1.54) is 63.8 Å². The van der Waals surface area contributed by atoms with Gasteiger partial charge in [0, 0.05) is 87.2 Å². The first kappa shape index (κ1) is 37.2. The van der Waals surface area contributed by atoms with Crippen molar-refractivity contribution in [2.75, 3.05) is 9.80 Å². The van der Waals surface area contributed by atoms with E-state index in [1.54, 1.807) is 0 Å². The van der Waals surface area contributed by atoms with E-state index in [9.17, 15) is 0 Å². The molecule has 0 saturated carbocycles. The molecule has 0 fully saturated rings. The average Bonchev–Trinajstić information content (AvgIpc) is 4.04. The first-order chi connectivity index (χ1) is 32.3. The van der Waals surface area contributed by atoms with Crippen molar-refractivity contribution in [3.05, 3.63) is 243 Å². The molecule has 4 nitrogen and oxygen atoms in total. The maximum absolute atomic E-state index is 2.43. The fraction of sp³-hybridized carbons (Fsp3) is 0. The summed E-state index contributed by atoms with van der Waals surface area (Å²) in [6.45, 7) is 0. The Kier molecular flexibility index (Phi) is 8.68. The van der Waals surface area contributed by atoms with Gasteiger partial charge in [-0.05, 0) is 127 Å². The SMILES string of the molecule is c1ccc(N(c2ccccc2)c2ccc(N(c3ccc(-n4c5ccccc5c5c6sc7ccccc7c6ccc54)cc3)c3ccc4c(c3)c3ccccc3n4-c3ccccc3)cc2)cc1. The number of aromatic nitrogens is 2. The number of rotatable bonds is 8. The van der Waals surface area contributed by atoms with Gasteiger partial charge in [0.1, 0.15) is 0 Å². The first-order valence-electron chi connectivity index (χ1n) is 22.1. The lowest BCUT2D eigenvalue weighted by Crippen LogP contribution is -2.12. The molecule has 0 aliphatic carbocycles. The second kappa shape index (κ2) is 15.2. The third kappa shape index (κ3) is 6.05. The zero-order valence-corrected chi connectivity index (χ0v) is 36.1. The molecule has 0 amide bonds. The van der Waals surface area contributed by atoms with Gasteiger partial charge >= 0.3 is 0 Å². The first-order valence-corrected chi connectivity index (χ1v) is 22.9. The van der Waals surface area contributed by atoms with Crippen LogP contribution >= 0.6 is 11.3 Å². The molecule has 0 unspecified atom stereocenters. The molecule has 13 rings (SSSR count). The molecule has 306 valence electrons. The van der Waals surface area contributed by atoms with Crippen LogP contribution in [0.2, 0.25) is 0 Å². The zero-order chi connectivity index (χ0) is 42.8. The highest BCUT2D eigenvalue weighted by molar-refractivity contribution is 7.26. The Morgan fingerprint density at radius 1 is 0.277 bits per heavy atom. The average molecular weight is 849 g/mol. The number of thiophene rings is 1. The van der Waals surface area contributed by atoms with Gasteiger partial charge in [0.25, 0.3) is 0 Å². The van der Waals surface area contributed by atoms with E-state index in [-0.39, 0.29) is 0 Å². The van der Waals surface area contributed by atoms with Gasteiger partial charge in [-0.1, -0.05) is 115 Å². The number of benzene rings is 10. The van der Waals surface area contributed by atoms with Gasteiger partial charge in [-0.3, -0.25) is 0 Å². The molecule has 0 atom stereocenters. The van der Waals surface area contributed by atoms with Crippen LogP contribution in [0.25, 0.3) is 75.2 Å². The molecule has 13 aromatic rings. The highest BCUT2D eigenvalue weighted by Crippen LogP contribution is 2.45. The quantitative estimate of drug-likeness (QED) is 0.151. The van der Waals surface area contributed by atoms with Crippen LogP contribution < -0.4 is 9.80 Å². The lowest BCUT2D eigenvalue weighted by atomic mass is 10.1. The molecular weight excluding hydrogens is 809 g/mol. The Bertz CT molecular complexity index is 3830. The zero-order valence-electron chi connectivity index (χ0n) is 35.3. The Morgan fingerprint density at radius 2 is 0.708 bits per heavy atom. The van der Waals surface area contributed by atoms with Gasteiger partial charge in [0.05, 0.1) is 22.1 Å². The number of hydrogen-bond donors (Lipinski definition) is 0. The number of nitrogens with zero attached hydrogens (tertiary/aromatic N) is 4. The van der Waals surface area contributed by atoms with E-state index in [0.29, 0.717) is 0 Å². The van der Waals surface area contributed by atoms with Gasteiger partial charge < -0.3 is 18.9 Å². The van der Waals surface area contributed by atoms with Crippen LogP contribution in [-0.4, -0.2) is 9.13 Å². The minimum atomic E-state index is 1.07. The maximum Gasteiger partial charge on any atom is 0.0555 e. The summed E-state index contributed by atoms with van der Waals surface area (Å²) in [5.74, 6) is 0. The van der Waals surface area contributed by atoms with Crippen molar-refractivity contribution in [2.24, 2.45) is 0 Å². The minimum absolute atomic E-state index is 1.07. The molecule has 65 heavy (non-hydrogen) atoms. The smallest absolute Gasteiger partial charge is 0.0555 e. The molecule has 5 heteroatoms. The van der Waals surface area contributed by atoms with Gasteiger partial charge in [-0.15, -0.1) is 11.3 Å². The second-order valence-corrected chi connectivity index (χ2v) is 17.6. The molecule has 0 aliphatic heterocycles. The van der Waals surface area contributed by atoms with Crippen molar-refractivity contribution >= 4 is 109 Å². The molecule has 3 aromatic heterocycles. The standard InChI is InChI=1S/C60H40N4S/c1-4-16-41(17-5-1)61(42-18-6-2-7-19-42)44-28-30-45(31-29-44)62(48-36-38-56-53(40-48)49-22-10-13-25-54(49)63(56)43-20-8-3-9-21-43)46-32-34-47(35-33-46)64-55-26-14-11-24-52(55)59-57(64)39-37-51-50-23-12-15-27-58(50)65-60(51)59/h1-40H. The largest absolute Gasteiger partial charge is 0.311 e. The molecule has 0 bridgehead atoms. The van der Waals surface area contributed by atoms with E-state index in [0.717, 1.165) is 45.5 Å². The fourth-order valence-electron chi connectivity index (χ4n) is 10.0. The maximum atomic E-state index is 2.43. The topological polar surface area (TPSA) is 16.3 Å².